The number of nitriles is 1. The van der Waals surface area contributed by atoms with Crippen molar-refractivity contribution in [2.75, 3.05) is 24.9 Å². The summed E-state index contributed by atoms with van der Waals surface area (Å²) in [5.41, 5.74) is 2.75. The lowest BCUT2D eigenvalue weighted by atomic mass is 10.1. The maximum absolute atomic E-state index is 12.7. The molecular formula is C21H19N9O3. The molecule has 166 valence electrons. The van der Waals surface area contributed by atoms with Crippen molar-refractivity contribution in [3.63, 3.8) is 0 Å². The molecule has 4 heterocycles. The Morgan fingerprint density at radius 2 is 1.94 bits per heavy atom. The van der Waals surface area contributed by atoms with Crippen molar-refractivity contribution in [1.29, 1.82) is 5.26 Å². The molecule has 1 unspecified atom stereocenters. The SMILES string of the molecule is COc1ccc2ncc(NC(=O)Nc3cnc(-n4nccn4)c(C#N)c3)c(C(C)OC)c2n1. The van der Waals surface area contributed by atoms with E-state index in [9.17, 15) is 10.1 Å². The molecule has 4 aromatic heterocycles. The summed E-state index contributed by atoms with van der Waals surface area (Å²) in [5, 5.41) is 22.8. The van der Waals surface area contributed by atoms with E-state index >= 15 is 0 Å². The molecule has 1 atom stereocenters. The number of nitrogens with zero attached hydrogens (tertiary/aromatic N) is 7. The highest BCUT2D eigenvalue weighted by atomic mass is 16.5. The number of ether oxygens (including phenoxy) is 2. The number of urea groups is 1. The van der Waals surface area contributed by atoms with E-state index in [-0.39, 0.29) is 11.4 Å². The van der Waals surface area contributed by atoms with Crippen LogP contribution in [0.4, 0.5) is 16.2 Å². The number of anilines is 2. The standard InChI is InChI=1S/C21H19N9O3/c1-12(32-2)18-16(11-23-15-4-5-17(33-3)29-19(15)18)28-21(31)27-14-8-13(9-22)20(24-10-14)30-25-6-7-26-30/h4-8,10-12H,1-3H3,(H2,27,28,31). The fourth-order valence-corrected chi connectivity index (χ4v) is 3.19. The van der Waals surface area contributed by atoms with Gasteiger partial charge in [0, 0.05) is 18.7 Å². The van der Waals surface area contributed by atoms with Crippen LogP contribution in [0.1, 0.15) is 24.2 Å². The Kier molecular flexibility index (Phi) is 6.05. The van der Waals surface area contributed by atoms with Gasteiger partial charge in [-0.1, -0.05) is 0 Å². The molecule has 0 spiro atoms. The van der Waals surface area contributed by atoms with Crippen LogP contribution in [0.2, 0.25) is 0 Å². The van der Waals surface area contributed by atoms with Gasteiger partial charge in [0.2, 0.25) is 5.88 Å². The lowest BCUT2D eigenvalue weighted by Crippen LogP contribution is -2.21. The first kappa shape index (κ1) is 21.6. The summed E-state index contributed by atoms with van der Waals surface area (Å²) in [6.45, 7) is 1.84. The Hall–Kier alpha value is -4.63. The Bertz CT molecular complexity index is 1350. The molecule has 12 nitrogen and oxygen atoms in total. The van der Waals surface area contributed by atoms with Crippen molar-refractivity contribution < 1.29 is 14.3 Å². The zero-order chi connectivity index (χ0) is 23.4. The van der Waals surface area contributed by atoms with E-state index in [2.05, 4.69) is 35.8 Å². The van der Waals surface area contributed by atoms with Crippen molar-refractivity contribution in [3.8, 4) is 17.8 Å². The van der Waals surface area contributed by atoms with Gasteiger partial charge in [0.1, 0.15) is 17.1 Å². The van der Waals surface area contributed by atoms with Gasteiger partial charge in [-0.25, -0.2) is 14.8 Å². The van der Waals surface area contributed by atoms with Gasteiger partial charge in [-0.2, -0.15) is 15.5 Å². The van der Waals surface area contributed by atoms with Gasteiger partial charge in [0.25, 0.3) is 0 Å². The van der Waals surface area contributed by atoms with Crippen LogP contribution in [-0.4, -0.2) is 50.2 Å². The maximum Gasteiger partial charge on any atom is 0.323 e. The fraction of sp³-hybridized carbons (Fsp3) is 0.190. The first-order chi connectivity index (χ1) is 16.0. The molecule has 0 radical (unpaired) electrons. The maximum atomic E-state index is 12.7. The molecule has 0 aliphatic heterocycles. The predicted molar refractivity (Wildman–Crippen MR) is 118 cm³/mol. The molecule has 33 heavy (non-hydrogen) atoms. The number of carbonyl (C=O) groups excluding carboxylic acids is 1. The van der Waals surface area contributed by atoms with E-state index in [1.165, 1.54) is 42.8 Å². The van der Waals surface area contributed by atoms with Crippen LogP contribution in [-0.2, 0) is 4.74 Å². The second-order valence-corrected chi connectivity index (χ2v) is 6.79. The van der Waals surface area contributed by atoms with Crippen LogP contribution in [0.5, 0.6) is 5.88 Å². The lowest BCUT2D eigenvalue weighted by Gasteiger charge is -2.18. The van der Waals surface area contributed by atoms with Gasteiger partial charge in [0.15, 0.2) is 5.82 Å². The third-order valence-corrected chi connectivity index (χ3v) is 4.80. The van der Waals surface area contributed by atoms with Gasteiger partial charge >= 0.3 is 6.03 Å². The second-order valence-electron chi connectivity index (χ2n) is 6.79. The molecule has 0 aromatic carbocycles. The quantitative estimate of drug-likeness (QED) is 0.456. The number of fused-ring (bicyclic) bond motifs is 1. The minimum Gasteiger partial charge on any atom is -0.481 e. The normalized spacial score (nSPS) is 11.6. The van der Waals surface area contributed by atoms with Crippen LogP contribution >= 0.6 is 0 Å². The number of amides is 2. The summed E-state index contributed by atoms with van der Waals surface area (Å²) in [4.78, 5) is 27.0. The van der Waals surface area contributed by atoms with Crippen molar-refractivity contribution in [2.45, 2.75) is 13.0 Å². The van der Waals surface area contributed by atoms with E-state index in [1.807, 2.05) is 13.0 Å². The zero-order valence-electron chi connectivity index (χ0n) is 18.0. The molecule has 4 rings (SSSR count). The average Bonchev–Trinajstić information content (AvgIpc) is 3.37. The highest BCUT2D eigenvalue weighted by Crippen LogP contribution is 2.32. The van der Waals surface area contributed by atoms with E-state index < -0.39 is 12.1 Å². The number of pyridine rings is 3. The third kappa shape index (κ3) is 4.39. The monoisotopic (exact) mass is 445 g/mol. The summed E-state index contributed by atoms with van der Waals surface area (Å²) in [7, 11) is 3.08. The largest absolute Gasteiger partial charge is 0.481 e. The Labute approximate surface area is 188 Å². The lowest BCUT2D eigenvalue weighted by molar-refractivity contribution is 0.121. The van der Waals surface area contributed by atoms with Crippen molar-refractivity contribution >= 4 is 28.4 Å². The van der Waals surface area contributed by atoms with Gasteiger partial charge in [-0.15, -0.1) is 4.80 Å². The number of rotatable bonds is 6. The minimum atomic E-state index is -0.556. The molecule has 0 fully saturated rings. The van der Waals surface area contributed by atoms with Crippen LogP contribution in [0.25, 0.3) is 16.9 Å². The summed E-state index contributed by atoms with van der Waals surface area (Å²) < 4.78 is 10.7. The first-order valence-corrected chi connectivity index (χ1v) is 9.75. The summed E-state index contributed by atoms with van der Waals surface area (Å²) in [6, 6.07) is 6.44. The summed E-state index contributed by atoms with van der Waals surface area (Å²) >= 11 is 0. The van der Waals surface area contributed by atoms with Crippen LogP contribution < -0.4 is 15.4 Å². The molecule has 12 heteroatoms. The van der Waals surface area contributed by atoms with Crippen molar-refractivity contribution in [1.82, 2.24) is 29.9 Å². The first-order valence-electron chi connectivity index (χ1n) is 9.75. The molecular weight excluding hydrogens is 426 g/mol. The van der Waals surface area contributed by atoms with Crippen LogP contribution in [0, 0.1) is 11.3 Å². The molecule has 0 aliphatic rings. The highest BCUT2D eigenvalue weighted by Gasteiger charge is 2.19. The van der Waals surface area contributed by atoms with Gasteiger partial charge in [-0.3, -0.25) is 4.98 Å². The third-order valence-electron chi connectivity index (χ3n) is 4.80. The number of hydrogen-bond acceptors (Lipinski definition) is 9. The smallest absolute Gasteiger partial charge is 0.323 e. The van der Waals surface area contributed by atoms with Crippen LogP contribution in [0.3, 0.4) is 0 Å². The number of methoxy groups -OCH3 is 2. The summed E-state index contributed by atoms with van der Waals surface area (Å²) in [6.07, 6.45) is 5.50. The molecule has 2 amide bonds. The fourth-order valence-electron chi connectivity index (χ4n) is 3.19. The van der Waals surface area contributed by atoms with Gasteiger partial charge < -0.3 is 20.1 Å². The van der Waals surface area contributed by atoms with E-state index in [4.69, 9.17) is 9.47 Å². The topological polar surface area (TPSA) is 153 Å². The van der Waals surface area contributed by atoms with E-state index in [0.717, 1.165) is 0 Å². The molecule has 0 saturated heterocycles. The average molecular weight is 445 g/mol. The number of nitrogens with one attached hydrogen (secondary N) is 2. The number of aromatic nitrogens is 6. The Balaban J connectivity index is 1.62. The zero-order valence-corrected chi connectivity index (χ0v) is 18.0. The van der Waals surface area contributed by atoms with Gasteiger partial charge in [0.05, 0.1) is 54.9 Å². The second kappa shape index (κ2) is 9.25. The highest BCUT2D eigenvalue weighted by molar-refractivity contribution is 6.01. The Morgan fingerprint density at radius 1 is 1.15 bits per heavy atom. The Morgan fingerprint density at radius 3 is 2.64 bits per heavy atom. The predicted octanol–water partition coefficient (Wildman–Crippen LogP) is 2.84. The van der Waals surface area contributed by atoms with Gasteiger partial charge in [-0.05, 0) is 19.1 Å². The van der Waals surface area contributed by atoms with Crippen LogP contribution in [0.15, 0.2) is 43.0 Å². The summed E-state index contributed by atoms with van der Waals surface area (Å²) in [5.74, 6) is 0.667. The molecule has 0 bridgehead atoms. The molecule has 0 aliphatic carbocycles. The molecule has 2 N–H and O–H groups in total. The van der Waals surface area contributed by atoms with E-state index in [0.29, 0.717) is 33.9 Å². The van der Waals surface area contributed by atoms with Crippen molar-refractivity contribution in [3.05, 3.63) is 54.1 Å². The van der Waals surface area contributed by atoms with E-state index in [1.54, 1.807) is 19.2 Å². The minimum absolute atomic E-state index is 0.196. The molecule has 4 aromatic rings. The van der Waals surface area contributed by atoms with Crippen molar-refractivity contribution in [2.24, 2.45) is 0 Å². The molecule has 0 saturated carbocycles. The number of hydrogen-bond donors (Lipinski definition) is 2. The number of carbonyl (C=O) groups is 1.